The van der Waals surface area contributed by atoms with E-state index in [0.29, 0.717) is 36.2 Å². The molecule has 28 heavy (non-hydrogen) atoms. The van der Waals surface area contributed by atoms with Crippen molar-refractivity contribution in [1.29, 1.82) is 0 Å². The summed E-state index contributed by atoms with van der Waals surface area (Å²) in [6, 6.07) is 9.62. The maximum Gasteiger partial charge on any atom is 0.317 e. The Hall–Kier alpha value is -3.09. The van der Waals surface area contributed by atoms with Gasteiger partial charge in [0.1, 0.15) is 6.10 Å². The summed E-state index contributed by atoms with van der Waals surface area (Å²) in [5, 5.41) is 0.844. The summed E-state index contributed by atoms with van der Waals surface area (Å²) in [6.45, 7) is 4.96. The van der Waals surface area contributed by atoms with Crippen molar-refractivity contribution in [1.82, 2.24) is 14.9 Å². The lowest BCUT2D eigenvalue weighted by molar-refractivity contribution is 0.0490. The molecule has 3 heterocycles. The minimum Gasteiger partial charge on any atom is -0.493 e. The number of carbonyl (C=O) groups is 1. The third-order valence-corrected chi connectivity index (χ3v) is 4.84. The Labute approximate surface area is 163 Å². The minimum absolute atomic E-state index is 0.141. The van der Waals surface area contributed by atoms with Crippen LogP contribution >= 0.6 is 0 Å². The van der Waals surface area contributed by atoms with Gasteiger partial charge in [0, 0.05) is 23.3 Å². The third-order valence-electron chi connectivity index (χ3n) is 4.84. The maximum atomic E-state index is 13.0. The summed E-state index contributed by atoms with van der Waals surface area (Å²) < 4.78 is 17.1. The molecule has 1 aliphatic heterocycles. The van der Waals surface area contributed by atoms with Crippen LogP contribution < -0.4 is 9.47 Å². The van der Waals surface area contributed by atoms with Crippen molar-refractivity contribution < 1.29 is 18.7 Å². The molecule has 1 aromatic carbocycles. The van der Waals surface area contributed by atoms with Gasteiger partial charge in [-0.2, -0.15) is 0 Å². The molecule has 2 aromatic heterocycles. The summed E-state index contributed by atoms with van der Waals surface area (Å²) in [5.74, 6) is 0.777. The summed E-state index contributed by atoms with van der Waals surface area (Å²) in [4.78, 5) is 23.4. The summed E-state index contributed by atoms with van der Waals surface area (Å²) >= 11 is 0. The van der Waals surface area contributed by atoms with Gasteiger partial charge in [0.05, 0.1) is 13.7 Å². The first kappa shape index (κ1) is 18.3. The van der Waals surface area contributed by atoms with Crippen molar-refractivity contribution >= 4 is 16.9 Å². The van der Waals surface area contributed by atoms with Crippen LogP contribution in [0.25, 0.3) is 11.0 Å². The van der Waals surface area contributed by atoms with E-state index in [1.807, 2.05) is 38.1 Å². The monoisotopic (exact) mass is 381 g/mol. The number of hydrogen-bond donors (Lipinski definition) is 0. The second-order valence-electron chi connectivity index (χ2n) is 7.06. The van der Waals surface area contributed by atoms with Crippen molar-refractivity contribution in [3.8, 4) is 11.8 Å². The van der Waals surface area contributed by atoms with Gasteiger partial charge < -0.3 is 18.8 Å². The van der Waals surface area contributed by atoms with Crippen molar-refractivity contribution in [3.05, 3.63) is 47.5 Å². The van der Waals surface area contributed by atoms with Gasteiger partial charge in [0.2, 0.25) is 0 Å². The second-order valence-corrected chi connectivity index (χ2v) is 7.06. The lowest BCUT2D eigenvalue weighted by Gasteiger charge is -2.31. The Morgan fingerprint density at radius 2 is 2.00 bits per heavy atom. The van der Waals surface area contributed by atoms with Gasteiger partial charge in [-0.15, -0.1) is 0 Å². The van der Waals surface area contributed by atoms with E-state index in [1.165, 1.54) is 0 Å². The second kappa shape index (κ2) is 7.50. The van der Waals surface area contributed by atoms with Crippen LogP contribution in [-0.2, 0) is 0 Å². The van der Waals surface area contributed by atoms with Crippen molar-refractivity contribution in [2.24, 2.45) is 0 Å². The summed E-state index contributed by atoms with van der Waals surface area (Å²) in [5.41, 5.74) is 2.31. The van der Waals surface area contributed by atoms with E-state index in [-0.39, 0.29) is 12.0 Å². The zero-order chi connectivity index (χ0) is 19.7. The number of methoxy groups -OCH3 is 1. The normalized spacial score (nSPS) is 17.0. The number of para-hydroxylation sites is 1. The minimum atomic E-state index is -0.145. The van der Waals surface area contributed by atoms with E-state index in [1.54, 1.807) is 18.1 Å². The van der Waals surface area contributed by atoms with Crippen LogP contribution in [0.2, 0.25) is 0 Å². The third kappa shape index (κ3) is 3.65. The van der Waals surface area contributed by atoms with Crippen molar-refractivity contribution in [3.63, 3.8) is 0 Å². The van der Waals surface area contributed by atoms with Crippen molar-refractivity contribution in [2.75, 3.05) is 20.2 Å². The molecule has 3 aromatic rings. The molecule has 0 radical (unpaired) electrons. The predicted molar refractivity (Wildman–Crippen MR) is 104 cm³/mol. The van der Waals surface area contributed by atoms with Gasteiger partial charge in [0.25, 0.3) is 5.91 Å². The van der Waals surface area contributed by atoms with Crippen LogP contribution in [0.3, 0.4) is 0 Å². The first-order valence-electron chi connectivity index (χ1n) is 9.38. The highest BCUT2D eigenvalue weighted by Gasteiger charge is 2.28. The summed E-state index contributed by atoms with van der Waals surface area (Å²) in [6.07, 6.45) is 1.57. The fourth-order valence-electron chi connectivity index (χ4n) is 3.57. The van der Waals surface area contributed by atoms with E-state index in [0.717, 1.165) is 29.6 Å². The summed E-state index contributed by atoms with van der Waals surface area (Å²) in [7, 11) is 1.58. The Kier molecular flexibility index (Phi) is 4.90. The molecule has 0 aliphatic carbocycles. The van der Waals surface area contributed by atoms with Crippen LogP contribution in [0, 0.1) is 13.8 Å². The molecule has 0 saturated carbocycles. The number of amides is 1. The van der Waals surface area contributed by atoms with E-state index in [9.17, 15) is 4.79 Å². The zero-order valence-electron chi connectivity index (χ0n) is 16.3. The van der Waals surface area contributed by atoms with E-state index in [2.05, 4.69) is 9.97 Å². The van der Waals surface area contributed by atoms with E-state index < -0.39 is 0 Å². The maximum absolute atomic E-state index is 13.0. The van der Waals surface area contributed by atoms with E-state index >= 15 is 0 Å². The van der Waals surface area contributed by atoms with Crippen LogP contribution in [0.5, 0.6) is 11.8 Å². The number of fused-ring (bicyclic) bond motifs is 1. The topological polar surface area (TPSA) is 77.7 Å². The number of carbonyl (C=O) groups excluding carboxylic acids is 1. The Morgan fingerprint density at radius 1 is 1.21 bits per heavy atom. The standard InChI is InChI=1S/C21H23N3O4/c1-13-10-14(2)23-21(22-13)27-16-7-5-9-24(12-16)20(25)18-11-15-6-4-8-17(26-3)19(15)28-18/h4,6,8,10-11,16H,5,7,9,12H2,1-3H3. The number of aryl methyl sites for hydroxylation is 2. The smallest absolute Gasteiger partial charge is 0.317 e. The Bertz CT molecular complexity index is 994. The number of furan rings is 1. The van der Waals surface area contributed by atoms with Gasteiger partial charge in [-0.25, -0.2) is 9.97 Å². The largest absolute Gasteiger partial charge is 0.493 e. The average molecular weight is 381 g/mol. The molecule has 146 valence electrons. The molecular weight excluding hydrogens is 358 g/mol. The molecule has 1 atom stereocenters. The van der Waals surface area contributed by atoms with Crippen LogP contribution in [-0.4, -0.2) is 47.1 Å². The molecule has 0 N–H and O–H groups in total. The Balaban J connectivity index is 1.50. The molecule has 1 saturated heterocycles. The highest BCUT2D eigenvalue weighted by Crippen LogP contribution is 2.29. The van der Waals surface area contributed by atoms with Crippen molar-refractivity contribution in [2.45, 2.75) is 32.8 Å². The molecule has 7 nitrogen and oxygen atoms in total. The molecule has 1 amide bonds. The zero-order valence-corrected chi connectivity index (χ0v) is 16.3. The van der Waals surface area contributed by atoms with E-state index in [4.69, 9.17) is 13.9 Å². The van der Waals surface area contributed by atoms with Gasteiger partial charge >= 0.3 is 6.01 Å². The van der Waals surface area contributed by atoms with Gasteiger partial charge in [0.15, 0.2) is 17.1 Å². The number of aromatic nitrogens is 2. The van der Waals surface area contributed by atoms with Gasteiger partial charge in [-0.05, 0) is 44.9 Å². The number of likely N-dealkylation sites (tertiary alicyclic amines) is 1. The molecule has 0 bridgehead atoms. The first-order valence-corrected chi connectivity index (χ1v) is 9.38. The molecule has 7 heteroatoms. The number of nitrogens with zero attached hydrogens (tertiary/aromatic N) is 3. The molecule has 0 spiro atoms. The highest BCUT2D eigenvalue weighted by atomic mass is 16.5. The average Bonchev–Trinajstić information content (AvgIpc) is 3.11. The lowest BCUT2D eigenvalue weighted by atomic mass is 10.1. The SMILES string of the molecule is COc1cccc2cc(C(=O)N3CCCC(Oc4nc(C)cc(C)n4)C3)oc12. The highest BCUT2D eigenvalue weighted by molar-refractivity contribution is 5.97. The number of hydrogen-bond acceptors (Lipinski definition) is 6. The van der Waals surface area contributed by atoms with Crippen LogP contribution in [0.1, 0.15) is 34.8 Å². The molecule has 4 rings (SSSR count). The number of rotatable bonds is 4. The number of ether oxygens (including phenoxy) is 2. The van der Waals surface area contributed by atoms with Crippen LogP contribution in [0.4, 0.5) is 0 Å². The quantitative estimate of drug-likeness (QED) is 0.688. The molecule has 1 unspecified atom stereocenters. The fraction of sp³-hybridized carbons (Fsp3) is 0.381. The van der Waals surface area contributed by atoms with Crippen LogP contribution in [0.15, 0.2) is 34.7 Å². The first-order chi connectivity index (χ1) is 13.5. The molecule has 1 fully saturated rings. The number of piperidine rings is 1. The Morgan fingerprint density at radius 3 is 2.75 bits per heavy atom. The fourth-order valence-corrected chi connectivity index (χ4v) is 3.57. The number of benzene rings is 1. The molecule has 1 aliphatic rings. The van der Waals surface area contributed by atoms with Gasteiger partial charge in [-0.1, -0.05) is 12.1 Å². The predicted octanol–water partition coefficient (Wildman–Crippen LogP) is 3.53. The van der Waals surface area contributed by atoms with Gasteiger partial charge in [-0.3, -0.25) is 4.79 Å². The lowest BCUT2D eigenvalue weighted by Crippen LogP contribution is -2.44. The molecular formula is C21H23N3O4.